The molecule has 0 unspecified atom stereocenters. The van der Waals surface area contributed by atoms with Crippen LogP contribution in [0.5, 0.6) is 0 Å². The van der Waals surface area contributed by atoms with E-state index in [4.69, 9.17) is 15.0 Å². The molecule has 5 aromatic heterocycles. The maximum atomic E-state index is 5.19. The molecular formula is C39H24N6. The Bertz CT molecular complexity index is 2690. The molecule has 210 valence electrons. The first-order valence-electron chi connectivity index (χ1n) is 15.1. The zero-order valence-electron chi connectivity index (χ0n) is 24.0. The molecule has 0 amide bonds. The summed E-state index contributed by atoms with van der Waals surface area (Å²) in [6.45, 7) is 0. The number of fused-ring (bicyclic) bond motifs is 12. The molecule has 0 spiro atoms. The summed E-state index contributed by atoms with van der Waals surface area (Å²) >= 11 is 0. The predicted octanol–water partition coefficient (Wildman–Crippen LogP) is 9.11. The number of nitrogens with zero attached hydrogens (tertiary/aromatic N) is 6. The van der Waals surface area contributed by atoms with Crippen LogP contribution in [0.25, 0.3) is 83.6 Å². The number of benzene rings is 5. The fourth-order valence-electron chi connectivity index (χ4n) is 6.89. The minimum absolute atomic E-state index is 0.573. The highest BCUT2D eigenvalue weighted by Crippen LogP contribution is 2.39. The lowest BCUT2D eigenvalue weighted by molar-refractivity contribution is 0.939. The van der Waals surface area contributed by atoms with Gasteiger partial charge in [-0.2, -0.15) is 9.97 Å². The standard InChI is InChI=1S/C39H24N6/c1-3-13-25(14-4-1)36-40-37(26-15-5-2-6-16-26)42-39(41-36)45-32-22-12-9-19-29(32)35-38(45)44-31-21-11-8-18-28(31)24-34(44)33-23-27-17-7-10-20-30(27)43(33)35/h1-24H. The Kier molecular flexibility index (Phi) is 4.90. The molecule has 0 aliphatic carbocycles. The van der Waals surface area contributed by atoms with E-state index in [0.717, 1.165) is 49.7 Å². The van der Waals surface area contributed by atoms with Crippen LogP contribution in [0.2, 0.25) is 0 Å². The van der Waals surface area contributed by atoms with E-state index >= 15 is 0 Å². The summed E-state index contributed by atoms with van der Waals surface area (Å²) in [6, 6.07) is 50.7. The maximum absolute atomic E-state index is 5.19. The van der Waals surface area contributed by atoms with Gasteiger partial charge in [-0.1, -0.05) is 115 Å². The van der Waals surface area contributed by atoms with Crippen LogP contribution in [0, 0.1) is 0 Å². The topological polar surface area (TPSA) is 52.4 Å². The molecule has 6 nitrogen and oxygen atoms in total. The van der Waals surface area contributed by atoms with Gasteiger partial charge in [0.15, 0.2) is 17.3 Å². The minimum atomic E-state index is 0.573. The van der Waals surface area contributed by atoms with E-state index in [2.05, 4.69) is 98.3 Å². The number of para-hydroxylation sites is 3. The Hall–Kier alpha value is -6.27. The molecule has 5 heterocycles. The summed E-state index contributed by atoms with van der Waals surface area (Å²) in [5.74, 6) is 1.83. The Morgan fingerprint density at radius 3 is 1.51 bits per heavy atom. The third-order valence-corrected chi connectivity index (χ3v) is 8.83. The molecule has 0 aliphatic heterocycles. The van der Waals surface area contributed by atoms with E-state index in [0.29, 0.717) is 17.6 Å². The van der Waals surface area contributed by atoms with Gasteiger partial charge >= 0.3 is 0 Å². The molecule has 0 fully saturated rings. The van der Waals surface area contributed by atoms with Crippen molar-refractivity contribution in [1.29, 1.82) is 0 Å². The average molecular weight is 577 g/mol. The molecule has 0 bridgehead atoms. The lowest BCUT2D eigenvalue weighted by Gasteiger charge is -2.13. The van der Waals surface area contributed by atoms with Crippen LogP contribution in [-0.4, -0.2) is 28.3 Å². The Morgan fingerprint density at radius 2 is 0.889 bits per heavy atom. The van der Waals surface area contributed by atoms with E-state index in [1.165, 1.54) is 16.3 Å². The Balaban J connectivity index is 1.46. The van der Waals surface area contributed by atoms with Crippen molar-refractivity contribution < 1.29 is 0 Å². The molecule has 0 radical (unpaired) electrons. The number of hydrogen-bond donors (Lipinski definition) is 0. The molecule has 10 rings (SSSR count). The third-order valence-electron chi connectivity index (χ3n) is 8.83. The van der Waals surface area contributed by atoms with Gasteiger partial charge < -0.3 is 4.40 Å². The van der Waals surface area contributed by atoms with Crippen LogP contribution in [0.1, 0.15) is 0 Å². The smallest absolute Gasteiger partial charge is 0.240 e. The van der Waals surface area contributed by atoms with Crippen LogP contribution in [-0.2, 0) is 0 Å². The minimum Gasteiger partial charge on any atom is -0.304 e. The van der Waals surface area contributed by atoms with Gasteiger partial charge in [0.2, 0.25) is 5.95 Å². The molecule has 0 N–H and O–H groups in total. The summed E-state index contributed by atoms with van der Waals surface area (Å²) in [5, 5.41) is 3.51. The second-order valence-corrected chi connectivity index (χ2v) is 11.4. The van der Waals surface area contributed by atoms with Gasteiger partial charge in [0.05, 0.1) is 33.1 Å². The van der Waals surface area contributed by atoms with Gasteiger partial charge in [-0.05, 0) is 30.3 Å². The van der Waals surface area contributed by atoms with Crippen molar-refractivity contribution in [3.8, 4) is 28.7 Å². The Morgan fingerprint density at radius 1 is 0.400 bits per heavy atom. The highest BCUT2D eigenvalue weighted by molar-refractivity contribution is 6.13. The predicted molar refractivity (Wildman–Crippen MR) is 182 cm³/mol. The zero-order chi connectivity index (χ0) is 29.5. The number of hydrogen-bond acceptors (Lipinski definition) is 3. The quantitative estimate of drug-likeness (QED) is 0.211. The Labute approximate surface area is 257 Å². The summed E-state index contributed by atoms with van der Waals surface area (Å²) in [6.07, 6.45) is 0. The largest absolute Gasteiger partial charge is 0.304 e. The van der Waals surface area contributed by atoms with Crippen molar-refractivity contribution in [1.82, 2.24) is 28.3 Å². The molecular weight excluding hydrogens is 552 g/mol. The molecule has 0 saturated heterocycles. The lowest BCUT2D eigenvalue weighted by Crippen LogP contribution is -2.08. The van der Waals surface area contributed by atoms with Crippen LogP contribution < -0.4 is 0 Å². The molecule has 0 aliphatic rings. The van der Waals surface area contributed by atoms with Crippen molar-refractivity contribution >= 4 is 54.9 Å². The van der Waals surface area contributed by atoms with Crippen molar-refractivity contribution in [3.63, 3.8) is 0 Å². The van der Waals surface area contributed by atoms with Crippen LogP contribution in [0.4, 0.5) is 0 Å². The van der Waals surface area contributed by atoms with Gasteiger partial charge in [-0.25, -0.2) is 4.98 Å². The monoisotopic (exact) mass is 576 g/mol. The van der Waals surface area contributed by atoms with Crippen LogP contribution >= 0.6 is 0 Å². The molecule has 5 aromatic carbocycles. The van der Waals surface area contributed by atoms with E-state index in [1.807, 2.05) is 60.7 Å². The first-order valence-corrected chi connectivity index (χ1v) is 15.1. The highest BCUT2D eigenvalue weighted by atomic mass is 15.2. The maximum Gasteiger partial charge on any atom is 0.240 e. The van der Waals surface area contributed by atoms with Crippen molar-refractivity contribution in [2.75, 3.05) is 0 Å². The van der Waals surface area contributed by atoms with Crippen molar-refractivity contribution in [3.05, 3.63) is 146 Å². The van der Waals surface area contributed by atoms with Gasteiger partial charge in [0.25, 0.3) is 0 Å². The molecule has 45 heavy (non-hydrogen) atoms. The van der Waals surface area contributed by atoms with E-state index < -0.39 is 0 Å². The second kappa shape index (κ2) is 9.11. The summed E-state index contributed by atoms with van der Waals surface area (Å²) in [7, 11) is 0. The van der Waals surface area contributed by atoms with Crippen LogP contribution in [0.3, 0.4) is 0 Å². The van der Waals surface area contributed by atoms with E-state index in [-0.39, 0.29) is 0 Å². The van der Waals surface area contributed by atoms with E-state index in [1.54, 1.807) is 0 Å². The number of aromatic nitrogens is 6. The van der Waals surface area contributed by atoms with Gasteiger partial charge in [0, 0.05) is 27.3 Å². The average Bonchev–Trinajstić information content (AvgIpc) is 3.79. The van der Waals surface area contributed by atoms with Gasteiger partial charge in [-0.15, -0.1) is 0 Å². The van der Waals surface area contributed by atoms with Gasteiger partial charge in [0.1, 0.15) is 0 Å². The fraction of sp³-hybridized carbons (Fsp3) is 0. The first kappa shape index (κ1) is 24.2. The second-order valence-electron chi connectivity index (χ2n) is 11.4. The SMILES string of the molecule is c1ccc(-c2nc(-c3ccccc3)nc(-n3c4ccccc4c4c3n3c5ccccc5cc3c3cc5ccccc5n34)n2)cc1. The molecule has 6 heteroatoms. The first-order chi connectivity index (χ1) is 22.3. The van der Waals surface area contributed by atoms with Crippen molar-refractivity contribution in [2.45, 2.75) is 0 Å². The highest BCUT2D eigenvalue weighted by Gasteiger charge is 2.24. The van der Waals surface area contributed by atoms with Crippen LogP contribution in [0.15, 0.2) is 146 Å². The fourth-order valence-corrected chi connectivity index (χ4v) is 6.89. The summed E-state index contributed by atoms with van der Waals surface area (Å²) in [4.78, 5) is 15.4. The molecule has 0 atom stereocenters. The zero-order valence-corrected chi connectivity index (χ0v) is 24.0. The van der Waals surface area contributed by atoms with E-state index in [9.17, 15) is 0 Å². The summed E-state index contributed by atoms with van der Waals surface area (Å²) in [5.41, 5.74) is 9.61. The van der Waals surface area contributed by atoms with Crippen molar-refractivity contribution in [2.24, 2.45) is 0 Å². The molecule has 10 aromatic rings. The summed E-state index contributed by atoms with van der Waals surface area (Å²) < 4.78 is 7.01. The van der Waals surface area contributed by atoms with Gasteiger partial charge in [-0.3, -0.25) is 8.97 Å². The lowest BCUT2D eigenvalue weighted by atomic mass is 10.2. The third kappa shape index (κ3) is 3.42. The normalized spacial score (nSPS) is 12.0. The number of rotatable bonds is 3. The molecule has 0 saturated carbocycles.